The summed E-state index contributed by atoms with van der Waals surface area (Å²) in [5.74, 6) is 0.333. The predicted octanol–water partition coefficient (Wildman–Crippen LogP) is 0.285. The SMILES string of the molecule is Cn1c(C#N)nc2c1CN(C(=O)O)C2. The van der Waals surface area contributed by atoms with Crippen molar-refractivity contribution in [3.63, 3.8) is 0 Å². The van der Waals surface area contributed by atoms with Crippen LogP contribution < -0.4 is 0 Å². The van der Waals surface area contributed by atoms with Crippen LogP contribution in [0.5, 0.6) is 0 Å². The number of rotatable bonds is 0. The second kappa shape index (κ2) is 2.73. The van der Waals surface area contributed by atoms with E-state index in [1.54, 1.807) is 11.6 Å². The van der Waals surface area contributed by atoms with E-state index in [9.17, 15) is 4.79 Å². The summed E-state index contributed by atoms with van der Waals surface area (Å²) < 4.78 is 1.64. The van der Waals surface area contributed by atoms with Crippen LogP contribution in [0.15, 0.2) is 0 Å². The molecular weight excluding hydrogens is 184 g/mol. The molecule has 0 bridgehead atoms. The molecule has 0 spiro atoms. The van der Waals surface area contributed by atoms with Gasteiger partial charge >= 0.3 is 6.09 Å². The number of amides is 1. The van der Waals surface area contributed by atoms with Gasteiger partial charge in [0, 0.05) is 7.05 Å². The highest BCUT2D eigenvalue weighted by atomic mass is 16.4. The highest BCUT2D eigenvalue weighted by Gasteiger charge is 2.28. The Morgan fingerprint density at radius 3 is 2.86 bits per heavy atom. The number of aromatic nitrogens is 2. The van der Waals surface area contributed by atoms with Gasteiger partial charge in [0.25, 0.3) is 0 Å². The van der Waals surface area contributed by atoms with Crippen molar-refractivity contribution >= 4 is 6.09 Å². The number of imidazole rings is 1. The summed E-state index contributed by atoms with van der Waals surface area (Å²) in [7, 11) is 1.72. The highest BCUT2D eigenvalue weighted by molar-refractivity contribution is 5.66. The summed E-state index contributed by atoms with van der Waals surface area (Å²) in [6, 6.07) is 1.95. The lowest BCUT2D eigenvalue weighted by atomic mass is 10.4. The zero-order chi connectivity index (χ0) is 10.3. The second-order valence-electron chi connectivity index (χ2n) is 3.14. The van der Waals surface area contributed by atoms with Crippen molar-refractivity contribution in [3.05, 3.63) is 17.2 Å². The van der Waals surface area contributed by atoms with Gasteiger partial charge in [-0.25, -0.2) is 9.78 Å². The molecule has 2 rings (SSSR count). The molecule has 6 nitrogen and oxygen atoms in total. The van der Waals surface area contributed by atoms with Gasteiger partial charge in [-0.15, -0.1) is 0 Å². The highest BCUT2D eigenvalue weighted by Crippen LogP contribution is 2.22. The fourth-order valence-corrected chi connectivity index (χ4v) is 1.57. The van der Waals surface area contributed by atoms with E-state index in [-0.39, 0.29) is 6.54 Å². The molecule has 0 radical (unpaired) electrons. The fourth-order valence-electron chi connectivity index (χ4n) is 1.57. The third-order valence-electron chi connectivity index (χ3n) is 2.35. The minimum Gasteiger partial charge on any atom is -0.465 e. The number of hydrogen-bond acceptors (Lipinski definition) is 3. The molecule has 1 aliphatic rings. The molecule has 1 amide bonds. The molecule has 72 valence electrons. The molecule has 14 heavy (non-hydrogen) atoms. The van der Waals surface area contributed by atoms with E-state index in [1.165, 1.54) is 4.90 Å². The van der Waals surface area contributed by atoms with E-state index >= 15 is 0 Å². The van der Waals surface area contributed by atoms with Gasteiger partial charge in [-0.05, 0) is 0 Å². The van der Waals surface area contributed by atoms with Gasteiger partial charge in [0.05, 0.1) is 24.5 Å². The maximum atomic E-state index is 10.7. The van der Waals surface area contributed by atoms with Gasteiger partial charge in [-0.1, -0.05) is 0 Å². The average Bonchev–Trinajstić information content (AvgIpc) is 2.66. The molecular formula is C8H8N4O2. The van der Waals surface area contributed by atoms with Crippen molar-refractivity contribution < 1.29 is 9.90 Å². The van der Waals surface area contributed by atoms with Crippen LogP contribution in [-0.4, -0.2) is 25.7 Å². The molecule has 1 N–H and O–H groups in total. The lowest BCUT2D eigenvalue weighted by Crippen LogP contribution is -2.24. The Labute approximate surface area is 80.0 Å². The summed E-state index contributed by atoms with van der Waals surface area (Å²) in [4.78, 5) is 16.0. The van der Waals surface area contributed by atoms with Crippen LogP contribution in [0.25, 0.3) is 0 Å². The van der Waals surface area contributed by atoms with E-state index < -0.39 is 6.09 Å². The fraction of sp³-hybridized carbons (Fsp3) is 0.375. The molecule has 2 heterocycles. The maximum Gasteiger partial charge on any atom is 0.408 e. The van der Waals surface area contributed by atoms with Crippen molar-refractivity contribution in [1.82, 2.24) is 14.5 Å². The molecule has 0 saturated heterocycles. The first-order valence-corrected chi connectivity index (χ1v) is 4.06. The van der Waals surface area contributed by atoms with Crippen molar-refractivity contribution in [3.8, 4) is 6.07 Å². The number of fused-ring (bicyclic) bond motifs is 1. The van der Waals surface area contributed by atoms with E-state index in [1.807, 2.05) is 6.07 Å². The Balaban J connectivity index is 2.36. The molecule has 1 aromatic heterocycles. The molecule has 0 aliphatic carbocycles. The number of nitriles is 1. The Morgan fingerprint density at radius 1 is 1.64 bits per heavy atom. The van der Waals surface area contributed by atoms with Crippen molar-refractivity contribution in [2.45, 2.75) is 13.1 Å². The van der Waals surface area contributed by atoms with Gasteiger partial charge < -0.3 is 9.67 Å². The molecule has 6 heteroatoms. The Hall–Kier alpha value is -2.03. The number of nitrogens with zero attached hydrogens (tertiary/aromatic N) is 4. The summed E-state index contributed by atoms with van der Waals surface area (Å²) in [5, 5.41) is 17.4. The van der Waals surface area contributed by atoms with Crippen LogP contribution in [0.3, 0.4) is 0 Å². The maximum absolute atomic E-state index is 10.7. The van der Waals surface area contributed by atoms with Crippen LogP contribution in [-0.2, 0) is 20.1 Å². The van der Waals surface area contributed by atoms with Crippen LogP contribution in [0.4, 0.5) is 4.79 Å². The zero-order valence-electron chi connectivity index (χ0n) is 7.56. The first kappa shape index (κ1) is 8.56. The van der Waals surface area contributed by atoms with Crippen molar-refractivity contribution in [2.24, 2.45) is 7.05 Å². The molecule has 0 fully saturated rings. The normalized spacial score (nSPS) is 13.9. The third-order valence-corrected chi connectivity index (χ3v) is 2.35. The Bertz CT molecular complexity index is 443. The van der Waals surface area contributed by atoms with Gasteiger partial charge in [0.2, 0.25) is 5.82 Å². The number of carbonyl (C=O) groups is 1. The second-order valence-corrected chi connectivity index (χ2v) is 3.14. The minimum absolute atomic E-state index is 0.278. The van der Waals surface area contributed by atoms with Crippen molar-refractivity contribution in [2.75, 3.05) is 0 Å². The smallest absolute Gasteiger partial charge is 0.408 e. The standard InChI is InChI=1S/C8H8N4O2/c1-11-6-4-12(8(13)14)3-5(6)10-7(11)2-9/h3-4H2,1H3,(H,13,14). The first-order valence-electron chi connectivity index (χ1n) is 4.06. The number of hydrogen-bond donors (Lipinski definition) is 1. The topological polar surface area (TPSA) is 82.2 Å². The van der Waals surface area contributed by atoms with Gasteiger partial charge in [0.15, 0.2) is 0 Å². The zero-order valence-corrected chi connectivity index (χ0v) is 7.56. The summed E-state index contributed by atoms with van der Waals surface area (Å²) >= 11 is 0. The van der Waals surface area contributed by atoms with Gasteiger partial charge in [0.1, 0.15) is 6.07 Å². The largest absolute Gasteiger partial charge is 0.465 e. The van der Waals surface area contributed by atoms with Crippen LogP contribution >= 0.6 is 0 Å². The molecule has 0 atom stereocenters. The molecule has 1 aliphatic heterocycles. The number of carboxylic acid groups (broad SMARTS) is 1. The third kappa shape index (κ3) is 1.03. The lowest BCUT2D eigenvalue weighted by Gasteiger charge is -2.10. The predicted molar refractivity (Wildman–Crippen MR) is 45.2 cm³/mol. The van der Waals surface area contributed by atoms with Gasteiger partial charge in [-0.2, -0.15) is 5.26 Å². The van der Waals surface area contributed by atoms with E-state index in [4.69, 9.17) is 10.4 Å². The monoisotopic (exact) mass is 192 g/mol. The van der Waals surface area contributed by atoms with E-state index in [0.717, 1.165) is 5.69 Å². The summed E-state index contributed by atoms with van der Waals surface area (Å²) in [6.07, 6.45) is -0.957. The molecule has 0 aromatic carbocycles. The quantitative estimate of drug-likeness (QED) is 0.640. The summed E-state index contributed by atoms with van der Waals surface area (Å²) in [6.45, 7) is 0.593. The lowest BCUT2D eigenvalue weighted by molar-refractivity contribution is 0.144. The molecule has 0 unspecified atom stereocenters. The Kier molecular flexibility index (Phi) is 1.67. The molecule has 0 saturated carbocycles. The van der Waals surface area contributed by atoms with Crippen LogP contribution in [0.1, 0.15) is 17.2 Å². The van der Waals surface area contributed by atoms with E-state index in [0.29, 0.717) is 18.1 Å². The first-order chi connectivity index (χ1) is 6.63. The Morgan fingerprint density at radius 2 is 2.36 bits per heavy atom. The average molecular weight is 192 g/mol. The van der Waals surface area contributed by atoms with Crippen molar-refractivity contribution in [1.29, 1.82) is 5.26 Å². The molecule has 1 aromatic rings. The van der Waals surface area contributed by atoms with Crippen LogP contribution in [0.2, 0.25) is 0 Å². The van der Waals surface area contributed by atoms with Gasteiger partial charge in [-0.3, -0.25) is 4.90 Å². The van der Waals surface area contributed by atoms with Crippen LogP contribution in [0, 0.1) is 11.3 Å². The summed E-state index contributed by atoms with van der Waals surface area (Å²) in [5.41, 5.74) is 1.50. The minimum atomic E-state index is -0.957. The van der Waals surface area contributed by atoms with E-state index in [2.05, 4.69) is 4.98 Å².